The van der Waals surface area contributed by atoms with Crippen LogP contribution in [0.25, 0.3) is 6.08 Å². The molecule has 29 heavy (non-hydrogen) atoms. The fourth-order valence-corrected chi connectivity index (χ4v) is 3.40. The van der Waals surface area contributed by atoms with Crippen molar-refractivity contribution in [2.75, 3.05) is 26.8 Å². The summed E-state index contributed by atoms with van der Waals surface area (Å²) in [5.74, 6) is 0.435. The van der Waals surface area contributed by atoms with Gasteiger partial charge in [0.2, 0.25) is 5.75 Å². The van der Waals surface area contributed by atoms with Gasteiger partial charge in [0, 0.05) is 37.7 Å². The lowest BCUT2D eigenvalue weighted by atomic mass is 9.99. The second-order valence-corrected chi connectivity index (χ2v) is 6.80. The number of Topliss-reactive ketones (excluding diaryl/α,β-unsaturated/α-hetero) is 1. The predicted molar refractivity (Wildman–Crippen MR) is 110 cm³/mol. The third kappa shape index (κ3) is 5.00. The fraction of sp³-hybridized carbons (Fsp3) is 0.318. The van der Waals surface area contributed by atoms with Crippen molar-refractivity contribution < 1.29 is 19.2 Å². The van der Waals surface area contributed by atoms with Crippen LogP contribution >= 0.6 is 0 Å². The summed E-state index contributed by atoms with van der Waals surface area (Å²) >= 11 is 0. The number of likely N-dealkylation sites (tertiary alicyclic amines) is 1. The second-order valence-electron chi connectivity index (χ2n) is 6.80. The van der Waals surface area contributed by atoms with Crippen LogP contribution in [0, 0.1) is 10.1 Å². The van der Waals surface area contributed by atoms with Gasteiger partial charge in [-0.05, 0) is 30.2 Å². The van der Waals surface area contributed by atoms with E-state index in [-0.39, 0.29) is 29.6 Å². The Balaban J connectivity index is 1.89. The van der Waals surface area contributed by atoms with Crippen LogP contribution in [-0.4, -0.2) is 42.4 Å². The topological polar surface area (TPSA) is 81.9 Å². The Morgan fingerprint density at radius 2 is 2.00 bits per heavy atom. The molecule has 3 rings (SSSR count). The summed E-state index contributed by atoms with van der Waals surface area (Å²) in [7, 11) is 1.44. The minimum Gasteiger partial charge on any atom is -0.493 e. The van der Waals surface area contributed by atoms with Crippen molar-refractivity contribution in [3.63, 3.8) is 0 Å². The zero-order valence-electron chi connectivity index (χ0n) is 16.6. The van der Waals surface area contributed by atoms with E-state index in [0.29, 0.717) is 30.6 Å². The summed E-state index contributed by atoms with van der Waals surface area (Å²) in [6.45, 7) is 3.97. The largest absolute Gasteiger partial charge is 0.493 e. The SMILES string of the molecule is CCOc1c(OC)cc(/C=C2\CN(Cc3ccccc3)CCC2=O)cc1[N+](=O)[O-]. The van der Waals surface area contributed by atoms with Crippen LogP contribution in [0.1, 0.15) is 24.5 Å². The number of carbonyl (C=O) groups is 1. The minimum atomic E-state index is -0.500. The van der Waals surface area contributed by atoms with E-state index >= 15 is 0 Å². The van der Waals surface area contributed by atoms with E-state index in [1.165, 1.54) is 18.7 Å². The first-order valence-corrected chi connectivity index (χ1v) is 9.51. The van der Waals surface area contributed by atoms with Crippen molar-refractivity contribution >= 4 is 17.5 Å². The molecule has 0 aromatic heterocycles. The Labute approximate surface area is 169 Å². The van der Waals surface area contributed by atoms with E-state index in [0.717, 1.165) is 6.54 Å². The Hall–Kier alpha value is -3.19. The summed E-state index contributed by atoms with van der Waals surface area (Å²) in [5, 5.41) is 11.5. The minimum absolute atomic E-state index is 0.0600. The van der Waals surface area contributed by atoms with Gasteiger partial charge in [-0.3, -0.25) is 19.8 Å². The molecule has 1 heterocycles. The number of rotatable bonds is 7. The van der Waals surface area contributed by atoms with Crippen LogP contribution in [0.15, 0.2) is 48.0 Å². The van der Waals surface area contributed by atoms with Crippen LogP contribution in [0.5, 0.6) is 11.5 Å². The zero-order valence-corrected chi connectivity index (χ0v) is 16.6. The summed E-state index contributed by atoms with van der Waals surface area (Å²) in [5.41, 5.74) is 2.18. The van der Waals surface area contributed by atoms with E-state index in [2.05, 4.69) is 17.0 Å². The summed E-state index contributed by atoms with van der Waals surface area (Å²) in [6, 6.07) is 13.2. The smallest absolute Gasteiger partial charge is 0.315 e. The Morgan fingerprint density at radius 1 is 1.24 bits per heavy atom. The number of hydrogen-bond acceptors (Lipinski definition) is 6. The molecule has 0 N–H and O–H groups in total. The van der Waals surface area contributed by atoms with Crippen LogP contribution in [0.4, 0.5) is 5.69 Å². The van der Waals surface area contributed by atoms with Crippen LogP contribution < -0.4 is 9.47 Å². The fourth-order valence-electron chi connectivity index (χ4n) is 3.40. The van der Waals surface area contributed by atoms with Gasteiger partial charge in [0.1, 0.15) is 0 Å². The quantitative estimate of drug-likeness (QED) is 0.402. The van der Waals surface area contributed by atoms with Crippen molar-refractivity contribution in [1.82, 2.24) is 4.90 Å². The van der Waals surface area contributed by atoms with Gasteiger partial charge in [-0.2, -0.15) is 0 Å². The third-order valence-electron chi connectivity index (χ3n) is 4.76. The number of nitrogens with zero attached hydrogens (tertiary/aromatic N) is 2. The highest BCUT2D eigenvalue weighted by Crippen LogP contribution is 2.39. The molecule has 2 aromatic rings. The second kappa shape index (κ2) is 9.34. The van der Waals surface area contributed by atoms with E-state index in [1.54, 1.807) is 19.1 Å². The summed E-state index contributed by atoms with van der Waals surface area (Å²) < 4.78 is 10.7. The molecule has 0 atom stereocenters. The zero-order chi connectivity index (χ0) is 20.8. The lowest BCUT2D eigenvalue weighted by Gasteiger charge is -2.28. The molecule has 0 radical (unpaired) electrons. The molecule has 7 heteroatoms. The number of methoxy groups -OCH3 is 1. The van der Waals surface area contributed by atoms with Crippen molar-refractivity contribution in [1.29, 1.82) is 0 Å². The number of carbonyl (C=O) groups excluding carboxylic acids is 1. The van der Waals surface area contributed by atoms with Gasteiger partial charge in [0.15, 0.2) is 11.5 Å². The van der Waals surface area contributed by atoms with Gasteiger partial charge in [-0.25, -0.2) is 0 Å². The van der Waals surface area contributed by atoms with Gasteiger partial charge >= 0.3 is 5.69 Å². The van der Waals surface area contributed by atoms with Crippen LogP contribution in [0.3, 0.4) is 0 Å². The number of piperidine rings is 1. The summed E-state index contributed by atoms with van der Waals surface area (Å²) in [6.07, 6.45) is 2.14. The number of benzene rings is 2. The molecule has 7 nitrogen and oxygen atoms in total. The van der Waals surface area contributed by atoms with Crippen molar-refractivity contribution in [3.05, 3.63) is 69.3 Å². The molecular formula is C22H24N2O5. The normalized spacial score (nSPS) is 16.1. The number of hydrogen-bond donors (Lipinski definition) is 0. The maximum atomic E-state index is 12.5. The van der Waals surface area contributed by atoms with Crippen LogP contribution in [0.2, 0.25) is 0 Å². The van der Waals surface area contributed by atoms with Crippen molar-refractivity contribution in [3.8, 4) is 11.5 Å². The molecular weight excluding hydrogens is 372 g/mol. The highest BCUT2D eigenvalue weighted by atomic mass is 16.6. The Kier molecular flexibility index (Phi) is 6.61. The first-order chi connectivity index (χ1) is 14.0. The predicted octanol–water partition coefficient (Wildman–Crippen LogP) is 3.86. The van der Waals surface area contributed by atoms with Gasteiger partial charge in [0.25, 0.3) is 0 Å². The molecule has 152 valence electrons. The monoisotopic (exact) mass is 396 g/mol. The molecule has 0 saturated carbocycles. The van der Waals surface area contributed by atoms with Crippen LogP contribution in [-0.2, 0) is 11.3 Å². The van der Waals surface area contributed by atoms with E-state index in [9.17, 15) is 14.9 Å². The van der Waals surface area contributed by atoms with Gasteiger partial charge in [-0.15, -0.1) is 0 Å². The van der Waals surface area contributed by atoms with E-state index in [4.69, 9.17) is 9.47 Å². The third-order valence-corrected chi connectivity index (χ3v) is 4.76. The number of nitro groups is 1. The molecule has 1 aliphatic heterocycles. The first kappa shape index (κ1) is 20.5. The molecule has 1 fully saturated rings. The number of ether oxygens (including phenoxy) is 2. The maximum Gasteiger partial charge on any atom is 0.315 e. The molecule has 0 bridgehead atoms. The van der Waals surface area contributed by atoms with Crippen molar-refractivity contribution in [2.24, 2.45) is 0 Å². The lowest BCUT2D eigenvalue weighted by molar-refractivity contribution is -0.385. The molecule has 0 aliphatic carbocycles. The summed E-state index contributed by atoms with van der Waals surface area (Å²) in [4.78, 5) is 25.7. The molecule has 0 unspecified atom stereocenters. The average molecular weight is 396 g/mol. The average Bonchev–Trinajstić information content (AvgIpc) is 2.72. The number of nitro benzene ring substituents is 1. The van der Waals surface area contributed by atoms with E-state index in [1.807, 2.05) is 18.2 Å². The first-order valence-electron chi connectivity index (χ1n) is 9.51. The molecule has 0 spiro atoms. The van der Waals surface area contributed by atoms with Crippen molar-refractivity contribution in [2.45, 2.75) is 19.9 Å². The molecule has 2 aromatic carbocycles. The molecule has 1 aliphatic rings. The van der Waals surface area contributed by atoms with Gasteiger partial charge < -0.3 is 9.47 Å². The Bertz CT molecular complexity index is 924. The number of ketones is 1. The highest BCUT2D eigenvalue weighted by molar-refractivity contribution is 6.00. The highest BCUT2D eigenvalue weighted by Gasteiger charge is 2.24. The standard InChI is InChI=1S/C22H24N2O5/c1-3-29-22-19(24(26)27)12-17(13-21(22)28-2)11-18-15-23(10-9-20(18)25)14-16-7-5-4-6-8-16/h4-8,11-13H,3,9-10,14-15H2,1-2H3/b18-11+. The van der Waals surface area contributed by atoms with E-state index < -0.39 is 4.92 Å². The molecule has 1 saturated heterocycles. The van der Waals surface area contributed by atoms with Gasteiger partial charge in [0.05, 0.1) is 18.6 Å². The maximum absolute atomic E-state index is 12.5. The lowest BCUT2D eigenvalue weighted by Crippen LogP contribution is -2.35. The molecule has 0 amide bonds. The van der Waals surface area contributed by atoms with Gasteiger partial charge in [-0.1, -0.05) is 30.3 Å². The Morgan fingerprint density at radius 3 is 2.66 bits per heavy atom.